The molecule has 0 aliphatic rings. The second-order valence-corrected chi connectivity index (χ2v) is 11.8. The van der Waals surface area contributed by atoms with E-state index in [9.17, 15) is 16.8 Å². The predicted molar refractivity (Wildman–Crippen MR) is 137 cm³/mol. The molecule has 0 unspecified atom stereocenters. The number of nitrogens with zero attached hydrogens (tertiary/aromatic N) is 3. The first-order valence-electron chi connectivity index (χ1n) is 11.1. The summed E-state index contributed by atoms with van der Waals surface area (Å²) in [6.07, 6.45) is 5.02. The number of hydrogen-bond acceptors (Lipinski definition) is 9. The summed E-state index contributed by atoms with van der Waals surface area (Å²) in [5.74, 6) is 0.541. The smallest absolute Gasteiger partial charge is 0.266 e. The van der Waals surface area contributed by atoms with Crippen molar-refractivity contribution in [3.05, 3.63) is 59.4 Å². The normalized spacial score (nSPS) is 12.1. The monoisotopic (exact) mass is 549 g/mol. The number of methoxy groups -OCH3 is 2. The van der Waals surface area contributed by atoms with E-state index in [1.807, 2.05) is 6.92 Å². The van der Waals surface area contributed by atoms with Gasteiger partial charge in [0.15, 0.2) is 11.4 Å². The minimum atomic E-state index is -4.06. The van der Waals surface area contributed by atoms with Crippen LogP contribution in [-0.4, -0.2) is 52.2 Å². The molecule has 37 heavy (non-hydrogen) atoms. The van der Waals surface area contributed by atoms with Crippen LogP contribution in [0.15, 0.2) is 52.1 Å². The molecule has 2 heterocycles. The van der Waals surface area contributed by atoms with Crippen LogP contribution >= 0.6 is 0 Å². The maximum absolute atomic E-state index is 13.2. The molecule has 0 saturated carbocycles. The lowest BCUT2D eigenvalue weighted by Gasteiger charge is -2.12. The third-order valence-corrected chi connectivity index (χ3v) is 7.57. The highest BCUT2D eigenvalue weighted by molar-refractivity contribution is 7.92. The summed E-state index contributed by atoms with van der Waals surface area (Å²) >= 11 is 0. The number of anilines is 1. The van der Waals surface area contributed by atoms with Crippen molar-refractivity contribution in [2.45, 2.75) is 31.3 Å². The molecule has 0 fully saturated rings. The molecule has 0 radical (unpaired) electrons. The van der Waals surface area contributed by atoms with Gasteiger partial charge in [-0.2, -0.15) is 5.10 Å². The highest BCUT2D eigenvalue weighted by atomic mass is 32.2. The third-order valence-electron chi connectivity index (χ3n) is 5.54. The van der Waals surface area contributed by atoms with Crippen LogP contribution in [0.25, 0.3) is 11.0 Å². The van der Waals surface area contributed by atoms with Crippen molar-refractivity contribution < 1.29 is 30.8 Å². The second-order valence-electron chi connectivity index (χ2n) is 8.29. The fourth-order valence-corrected chi connectivity index (χ4v) is 5.39. The number of rotatable bonds is 11. The largest absolute Gasteiger partial charge is 0.496 e. The van der Waals surface area contributed by atoms with Crippen LogP contribution in [0.4, 0.5) is 5.82 Å². The molecule has 0 saturated heterocycles. The molecular formula is C23H27N5O7S2. The maximum atomic E-state index is 13.2. The molecule has 14 heteroatoms. The van der Waals surface area contributed by atoms with Gasteiger partial charge in [-0.25, -0.2) is 21.6 Å². The van der Waals surface area contributed by atoms with E-state index in [1.165, 1.54) is 14.2 Å². The van der Waals surface area contributed by atoms with Crippen molar-refractivity contribution in [2.75, 3.05) is 25.2 Å². The number of ether oxygens (including phenoxy) is 2. The van der Waals surface area contributed by atoms with E-state index in [-0.39, 0.29) is 23.0 Å². The van der Waals surface area contributed by atoms with Gasteiger partial charge in [-0.05, 0) is 41.8 Å². The number of sulfonamides is 2. The summed E-state index contributed by atoms with van der Waals surface area (Å²) in [7, 11) is -4.52. The van der Waals surface area contributed by atoms with E-state index in [2.05, 4.69) is 19.7 Å². The first-order chi connectivity index (χ1) is 17.5. The molecule has 2 aromatic carbocycles. The maximum Gasteiger partial charge on any atom is 0.266 e. The van der Waals surface area contributed by atoms with Gasteiger partial charge in [-0.15, -0.1) is 0 Å². The molecule has 12 nitrogen and oxygen atoms in total. The van der Waals surface area contributed by atoms with Crippen molar-refractivity contribution >= 4 is 36.8 Å². The van der Waals surface area contributed by atoms with Gasteiger partial charge in [0, 0.05) is 18.3 Å². The van der Waals surface area contributed by atoms with Crippen molar-refractivity contribution in [1.82, 2.24) is 19.7 Å². The van der Waals surface area contributed by atoms with Crippen LogP contribution in [-0.2, 0) is 39.6 Å². The number of aryl methyl sites for hydroxylation is 1. The van der Waals surface area contributed by atoms with Gasteiger partial charge in [0.1, 0.15) is 21.8 Å². The molecule has 0 amide bonds. The van der Waals surface area contributed by atoms with Gasteiger partial charge < -0.3 is 14.0 Å². The third kappa shape index (κ3) is 6.03. The first-order valence-corrected chi connectivity index (χ1v) is 14.5. The van der Waals surface area contributed by atoms with Gasteiger partial charge in [0.05, 0.1) is 33.2 Å². The molecule has 0 spiro atoms. The standard InChI is InChI=1S/C23H27N5O7S2/c1-5-15-6-7-18(33-2)21(10-15)37(31,32)27-23-22-19(34-3)8-16(9-20(22)35-26-23)13-28-14-17(11-24-28)12-25-36(4,29)30/h6-11,14,25H,5,12-13H2,1-4H3,(H,26,27). The zero-order chi connectivity index (χ0) is 26.8. The Morgan fingerprint density at radius 2 is 1.76 bits per heavy atom. The minimum Gasteiger partial charge on any atom is -0.496 e. The van der Waals surface area contributed by atoms with E-state index in [4.69, 9.17) is 14.0 Å². The number of benzene rings is 2. The molecule has 2 aromatic heterocycles. The van der Waals surface area contributed by atoms with Gasteiger partial charge in [0.25, 0.3) is 10.0 Å². The van der Waals surface area contributed by atoms with E-state index in [0.717, 1.165) is 17.4 Å². The number of nitrogens with one attached hydrogen (secondary N) is 2. The van der Waals surface area contributed by atoms with Crippen LogP contribution in [0.3, 0.4) is 0 Å². The van der Waals surface area contributed by atoms with Crippen molar-refractivity contribution in [3.63, 3.8) is 0 Å². The molecule has 2 N–H and O–H groups in total. The van der Waals surface area contributed by atoms with E-state index < -0.39 is 20.0 Å². The minimum absolute atomic E-state index is 0.0130. The Bertz CT molecular complexity index is 1640. The molecule has 4 aromatic rings. The summed E-state index contributed by atoms with van der Waals surface area (Å²) in [6, 6.07) is 8.41. The number of hydrogen-bond donors (Lipinski definition) is 2. The highest BCUT2D eigenvalue weighted by Gasteiger charge is 2.25. The lowest BCUT2D eigenvalue weighted by Crippen LogP contribution is -2.20. The Hall–Kier alpha value is -3.62. The Morgan fingerprint density at radius 3 is 2.43 bits per heavy atom. The number of aromatic nitrogens is 3. The summed E-state index contributed by atoms with van der Waals surface area (Å²) in [4.78, 5) is -0.0130. The number of fused-ring (bicyclic) bond motifs is 1. The van der Waals surface area contributed by atoms with E-state index in [0.29, 0.717) is 35.2 Å². The van der Waals surface area contributed by atoms with Crippen LogP contribution in [0.5, 0.6) is 11.5 Å². The lowest BCUT2D eigenvalue weighted by molar-refractivity contribution is 0.402. The lowest BCUT2D eigenvalue weighted by atomic mass is 10.1. The molecule has 4 rings (SSSR count). The fourth-order valence-electron chi connectivity index (χ4n) is 3.73. The summed E-state index contributed by atoms with van der Waals surface area (Å²) in [5.41, 5.74) is 2.59. The summed E-state index contributed by atoms with van der Waals surface area (Å²) in [6.45, 7) is 2.38. The predicted octanol–water partition coefficient (Wildman–Crippen LogP) is 2.50. The van der Waals surface area contributed by atoms with Crippen LogP contribution in [0.1, 0.15) is 23.6 Å². The Morgan fingerprint density at radius 1 is 1.00 bits per heavy atom. The zero-order valence-electron chi connectivity index (χ0n) is 20.7. The van der Waals surface area contributed by atoms with Crippen LogP contribution in [0, 0.1) is 0 Å². The SMILES string of the molecule is CCc1ccc(OC)c(S(=O)(=O)Nc2noc3cc(Cn4cc(CNS(C)(=O)=O)cn4)cc(OC)c23)c1. The molecule has 0 atom stereocenters. The molecule has 198 valence electrons. The Labute approximate surface area is 214 Å². The van der Waals surface area contributed by atoms with Gasteiger partial charge >= 0.3 is 0 Å². The summed E-state index contributed by atoms with van der Waals surface area (Å²) < 4.78 is 71.9. The van der Waals surface area contributed by atoms with E-state index >= 15 is 0 Å². The van der Waals surface area contributed by atoms with Crippen LogP contribution in [0.2, 0.25) is 0 Å². The molecular weight excluding hydrogens is 522 g/mol. The van der Waals surface area contributed by atoms with Gasteiger partial charge in [-0.1, -0.05) is 18.1 Å². The Kier molecular flexibility index (Phi) is 7.43. The quantitative estimate of drug-likeness (QED) is 0.287. The van der Waals surface area contributed by atoms with Gasteiger partial charge in [-0.3, -0.25) is 9.40 Å². The second kappa shape index (κ2) is 10.4. The van der Waals surface area contributed by atoms with Gasteiger partial charge in [0.2, 0.25) is 10.0 Å². The zero-order valence-corrected chi connectivity index (χ0v) is 22.3. The average molecular weight is 550 g/mol. The van der Waals surface area contributed by atoms with Crippen molar-refractivity contribution in [2.24, 2.45) is 0 Å². The Balaban J connectivity index is 1.62. The fraction of sp³-hybridized carbons (Fsp3) is 0.304. The topological polar surface area (TPSA) is 155 Å². The molecule has 0 aliphatic carbocycles. The van der Waals surface area contributed by atoms with Crippen LogP contribution < -0.4 is 18.9 Å². The first kappa shape index (κ1) is 26.4. The summed E-state index contributed by atoms with van der Waals surface area (Å²) in [5, 5.41) is 8.56. The average Bonchev–Trinajstić information content (AvgIpc) is 3.48. The van der Waals surface area contributed by atoms with E-state index in [1.54, 1.807) is 47.4 Å². The highest BCUT2D eigenvalue weighted by Crippen LogP contribution is 2.36. The van der Waals surface area contributed by atoms with Crippen molar-refractivity contribution in [3.8, 4) is 11.5 Å². The molecule has 0 aliphatic heterocycles. The van der Waals surface area contributed by atoms with Crippen molar-refractivity contribution in [1.29, 1.82) is 0 Å². The molecule has 0 bridgehead atoms.